The maximum absolute atomic E-state index is 2.71. The Bertz CT molecular complexity index is 252. The highest BCUT2D eigenvalue weighted by molar-refractivity contribution is 4.98. The molecule has 0 aromatic carbocycles. The van der Waals surface area contributed by atoms with Gasteiger partial charge in [0.25, 0.3) is 0 Å². The van der Waals surface area contributed by atoms with Crippen LogP contribution in [-0.4, -0.2) is 47.6 Å². The number of likely N-dealkylation sites (tertiary alicyclic amines) is 2. The molecule has 0 aromatic rings. The predicted molar refractivity (Wildman–Crippen MR) is 74.3 cm³/mol. The second kappa shape index (κ2) is 4.89. The molecule has 0 saturated carbocycles. The van der Waals surface area contributed by atoms with E-state index < -0.39 is 0 Å². The van der Waals surface area contributed by atoms with Crippen molar-refractivity contribution < 1.29 is 0 Å². The lowest BCUT2D eigenvalue weighted by atomic mass is 9.76. The lowest BCUT2D eigenvalue weighted by Crippen LogP contribution is -2.44. The normalized spacial score (nSPS) is 30.9. The van der Waals surface area contributed by atoms with Gasteiger partial charge in [0.05, 0.1) is 0 Å². The number of nitrogens with zero attached hydrogens (tertiary/aromatic N) is 2. The first-order valence-electron chi connectivity index (χ1n) is 7.43. The molecule has 2 nitrogen and oxygen atoms in total. The summed E-state index contributed by atoms with van der Waals surface area (Å²) in [6.07, 6.45) is 4.26. The maximum atomic E-state index is 2.71. The molecule has 1 unspecified atom stereocenters. The second-order valence-corrected chi connectivity index (χ2v) is 6.95. The van der Waals surface area contributed by atoms with Crippen LogP contribution in [0.25, 0.3) is 0 Å². The summed E-state index contributed by atoms with van der Waals surface area (Å²) >= 11 is 0. The molecule has 2 fully saturated rings. The zero-order chi connectivity index (χ0) is 12.6. The Kier molecular flexibility index (Phi) is 3.84. The highest BCUT2D eigenvalue weighted by Crippen LogP contribution is 2.44. The van der Waals surface area contributed by atoms with E-state index in [1.165, 1.54) is 38.9 Å². The number of hydrogen-bond acceptors (Lipinski definition) is 2. The van der Waals surface area contributed by atoms with Gasteiger partial charge in [-0.1, -0.05) is 0 Å². The first kappa shape index (κ1) is 13.4. The Morgan fingerprint density at radius 1 is 1.00 bits per heavy atom. The monoisotopic (exact) mass is 238 g/mol. The molecule has 2 heterocycles. The summed E-state index contributed by atoms with van der Waals surface area (Å²) in [6, 6.07) is 2.24. The first-order valence-corrected chi connectivity index (χ1v) is 7.43. The average Bonchev–Trinajstić information content (AvgIpc) is 2.56. The van der Waals surface area contributed by atoms with Gasteiger partial charge in [-0.05, 0) is 72.4 Å². The van der Waals surface area contributed by atoms with Gasteiger partial charge in [-0.2, -0.15) is 0 Å². The number of hydrogen-bond donors (Lipinski definition) is 0. The van der Waals surface area contributed by atoms with Gasteiger partial charge in [-0.3, -0.25) is 4.90 Å². The van der Waals surface area contributed by atoms with Crippen molar-refractivity contribution in [3.63, 3.8) is 0 Å². The summed E-state index contributed by atoms with van der Waals surface area (Å²) in [7, 11) is 0. The van der Waals surface area contributed by atoms with Crippen LogP contribution in [0, 0.1) is 5.41 Å². The summed E-state index contributed by atoms with van der Waals surface area (Å²) in [5.41, 5.74) is 0.648. The lowest BCUT2D eigenvalue weighted by molar-refractivity contribution is 0.0836. The summed E-state index contributed by atoms with van der Waals surface area (Å²) in [4.78, 5) is 5.36. The third kappa shape index (κ3) is 2.68. The Balaban J connectivity index is 1.96. The molecule has 2 aliphatic heterocycles. The van der Waals surface area contributed by atoms with Crippen LogP contribution in [0.1, 0.15) is 53.9 Å². The van der Waals surface area contributed by atoms with Crippen molar-refractivity contribution in [2.24, 2.45) is 5.41 Å². The first-order chi connectivity index (χ1) is 7.93. The minimum Gasteiger partial charge on any atom is -0.301 e. The molecule has 0 amide bonds. The predicted octanol–water partition coefficient (Wildman–Crippen LogP) is 2.98. The Labute approximate surface area is 107 Å². The van der Waals surface area contributed by atoms with Crippen molar-refractivity contribution >= 4 is 0 Å². The van der Waals surface area contributed by atoms with Crippen molar-refractivity contribution in [1.29, 1.82) is 0 Å². The largest absolute Gasteiger partial charge is 0.301 e. The quantitative estimate of drug-likeness (QED) is 0.730. The van der Waals surface area contributed by atoms with Gasteiger partial charge in [0.2, 0.25) is 0 Å². The maximum Gasteiger partial charge on any atom is 0.00756 e. The lowest BCUT2D eigenvalue weighted by Gasteiger charge is -2.41. The van der Waals surface area contributed by atoms with Crippen LogP contribution in [0.4, 0.5) is 0 Å². The third-order valence-corrected chi connectivity index (χ3v) is 5.06. The standard InChI is InChI=1S/C15H30N2/c1-12(2)16-8-6-15(7-9-16)10-14(5)17(11-15)13(3)4/h12-14H,6-11H2,1-5H3. The van der Waals surface area contributed by atoms with Crippen LogP contribution in [-0.2, 0) is 0 Å². The van der Waals surface area contributed by atoms with E-state index in [2.05, 4.69) is 44.4 Å². The van der Waals surface area contributed by atoms with Gasteiger partial charge < -0.3 is 4.90 Å². The van der Waals surface area contributed by atoms with Gasteiger partial charge in [0.15, 0.2) is 0 Å². The van der Waals surface area contributed by atoms with Crippen LogP contribution < -0.4 is 0 Å². The van der Waals surface area contributed by atoms with Gasteiger partial charge >= 0.3 is 0 Å². The van der Waals surface area contributed by atoms with Crippen molar-refractivity contribution in [3.05, 3.63) is 0 Å². The van der Waals surface area contributed by atoms with E-state index in [4.69, 9.17) is 0 Å². The Morgan fingerprint density at radius 3 is 2.00 bits per heavy atom. The zero-order valence-corrected chi connectivity index (χ0v) is 12.4. The van der Waals surface area contributed by atoms with E-state index in [1.54, 1.807) is 0 Å². The molecule has 1 spiro atoms. The highest BCUT2D eigenvalue weighted by atomic mass is 15.2. The summed E-state index contributed by atoms with van der Waals surface area (Å²) in [5, 5.41) is 0. The van der Waals surface area contributed by atoms with Crippen molar-refractivity contribution in [1.82, 2.24) is 9.80 Å². The minimum atomic E-state index is 0.648. The highest BCUT2D eigenvalue weighted by Gasteiger charge is 2.44. The second-order valence-electron chi connectivity index (χ2n) is 6.95. The number of rotatable bonds is 2. The molecule has 2 aliphatic rings. The van der Waals surface area contributed by atoms with Gasteiger partial charge in [-0.15, -0.1) is 0 Å². The molecular formula is C15H30N2. The fourth-order valence-electron chi connectivity index (χ4n) is 3.92. The fourth-order valence-corrected chi connectivity index (χ4v) is 3.92. The minimum absolute atomic E-state index is 0.648. The number of piperidine rings is 1. The zero-order valence-electron chi connectivity index (χ0n) is 12.4. The molecule has 0 N–H and O–H groups in total. The molecule has 2 heteroatoms. The molecular weight excluding hydrogens is 208 g/mol. The van der Waals surface area contributed by atoms with Crippen LogP contribution in [0.2, 0.25) is 0 Å². The fraction of sp³-hybridized carbons (Fsp3) is 1.00. The van der Waals surface area contributed by atoms with E-state index in [9.17, 15) is 0 Å². The summed E-state index contributed by atoms with van der Waals surface area (Å²) in [5.74, 6) is 0. The van der Waals surface area contributed by atoms with Crippen LogP contribution in [0.5, 0.6) is 0 Å². The topological polar surface area (TPSA) is 6.48 Å². The Morgan fingerprint density at radius 2 is 1.59 bits per heavy atom. The van der Waals surface area contributed by atoms with E-state index >= 15 is 0 Å². The molecule has 17 heavy (non-hydrogen) atoms. The Hall–Kier alpha value is -0.0800. The average molecular weight is 238 g/mol. The van der Waals surface area contributed by atoms with E-state index in [1.807, 2.05) is 0 Å². The molecule has 2 saturated heterocycles. The SMILES string of the molecule is CC(C)N1CCC2(CC1)CC(C)N(C(C)C)C2. The molecule has 100 valence electrons. The smallest absolute Gasteiger partial charge is 0.00756 e. The van der Waals surface area contributed by atoms with Crippen molar-refractivity contribution in [2.75, 3.05) is 19.6 Å². The molecule has 2 rings (SSSR count). The van der Waals surface area contributed by atoms with Gasteiger partial charge in [0, 0.05) is 24.7 Å². The van der Waals surface area contributed by atoms with Crippen molar-refractivity contribution in [3.8, 4) is 0 Å². The molecule has 0 bridgehead atoms. The van der Waals surface area contributed by atoms with Gasteiger partial charge in [-0.25, -0.2) is 0 Å². The van der Waals surface area contributed by atoms with E-state index in [0.717, 1.165) is 12.1 Å². The van der Waals surface area contributed by atoms with E-state index in [0.29, 0.717) is 11.5 Å². The summed E-state index contributed by atoms with van der Waals surface area (Å²) < 4.78 is 0. The van der Waals surface area contributed by atoms with Crippen molar-refractivity contribution in [2.45, 2.75) is 72.0 Å². The molecule has 1 atom stereocenters. The van der Waals surface area contributed by atoms with Crippen LogP contribution >= 0.6 is 0 Å². The molecule has 0 aliphatic carbocycles. The van der Waals surface area contributed by atoms with Crippen LogP contribution in [0.3, 0.4) is 0 Å². The summed E-state index contributed by atoms with van der Waals surface area (Å²) in [6.45, 7) is 15.7. The van der Waals surface area contributed by atoms with E-state index in [-0.39, 0.29) is 0 Å². The van der Waals surface area contributed by atoms with Gasteiger partial charge in [0.1, 0.15) is 0 Å². The third-order valence-electron chi connectivity index (χ3n) is 5.06. The van der Waals surface area contributed by atoms with Crippen LogP contribution in [0.15, 0.2) is 0 Å². The molecule has 0 aromatic heterocycles. The molecule has 0 radical (unpaired) electrons.